The number of fused-ring (bicyclic) bond motifs is 1. The van der Waals surface area contributed by atoms with Crippen molar-refractivity contribution in [1.82, 2.24) is 20.4 Å². The van der Waals surface area contributed by atoms with Crippen molar-refractivity contribution in [3.63, 3.8) is 0 Å². The molecule has 1 aromatic carbocycles. The van der Waals surface area contributed by atoms with Gasteiger partial charge in [0.1, 0.15) is 5.82 Å². The highest BCUT2D eigenvalue weighted by molar-refractivity contribution is 5.94. The topological polar surface area (TPSA) is 81.8 Å². The number of piperidine rings is 1. The Labute approximate surface area is 176 Å². The zero-order chi connectivity index (χ0) is 21.1. The van der Waals surface area contributed by atoms with Gasteiger partial charge in [-0.3, -0.25) is 19.3 Å². The van der Waals surface area contributed by atoms with Crippen molar-refractivity contribution in [3.8, 4) is 0 Å². The Hall–Kier alpha value is -2.48. The van der Waals surface area contributed by atoms with Gasteiger partial charge in [-0.1, -0.05) is 6.07 Å². The van der Waals surface area contributed by atoms with E-state index in [9.17, 15) is 18.8 Å². The quantitative estimate of drug-likeness (QED) is 0.758. The van der Waals surface area contributed by atoms with E-state index in [1.54, 1.807) is 6.07 Å². The molecule has 3 amide bonds. The Morgan fingerprint density at radius 3 is 2.77 bits per heavy atom. The van der Waals surface area contributed by atoms with E-state index in [4.69, 9.17) is 0 Å². The predicted molar refractivity (Wildman–Crippen MR) is 109 cm³/mol. The molecule has 3 fully saturated rings. The van der Waals surface area contributed by atoms with Crippen LogP contribution >= 0.6 is 0 Å². The van der Waals surface area contributed by atoms with Crippen LogP contribution in [0, 0.1) is 5.82 Å². The third-order valence-corrected chi connectivity index (χ3v) is 6.45. The smallest absolute Gasteiger partial charge is 0.251 e. The molecule has 3 saturated heterocycles. The van der Waals surface area contributed by atoms with Gasteiger partial charge in [0.15, 0.2) is 0 Å². The van der Waals surface area contributed by atoms with Crippen LogP contribution in [0.3, 0.4) is 0 Å². The van der Waals surface area contributed by atoms with Gasteiger partial charge in [-0.2, -0.15) is 0 Å². The molecule has 4 rings (SSSR count). The van der Waals surface area contributed by atoms with Crippen LogP contribution in [0.2, 0.25) is 0 Å². The zero-order valence-electron chi connectivity index (χ0n) is 17.1. The van der Waals surface area contributed by atoms with E-state index >= 15 is 0 Å². The molecule has 3 aliphatic heterocycles. The summed E-state index contributed by atoms with van der Waals surface area (Å²) in [6.45, 7) is 2.77. The SMILES string of the molecule is O=C(NC1CC2C(=O)NCC(CCC(=O)N3CCCCC3)N2C1)c1cccc(F)c1. The van der Waals surface area contributed by atoms with Crippen molar-refractivity contribution in [2.24, 2.45) is 0 Å². The van der Waals surface area contributed by atoms with E-state index in [-0.39, 0.29) is 41.4 Å². The van der Waals surface area contributed by atoms with Gasteiger partial charge in [0.05, 0.1) is 6.04 Å². The molecule has 3 atom stereocenters. The van der Waals surface area contributed by atoms with Crippen LogP contribution in [-0.2, 0) is 9.59 Å². The Kier molecular flexibility index (Phi) is 6.32. The fourth-order valence-electron chi connectivity index (χ4n) is 4.84. The van der Waals surface area contributed by atoms with E-state index in [1.807, 2.05) is 4.90 Å². The molecule has 0 aliphatic carbocycles. The normalized spacial score (nSPS) is 26.8. The third kappa shape index (κ3) is 4.64. The van der Waals surface area contributed by atoms with Crippen LogP contribution < -0.4 is 10.6 Å². The standard InChI is InChI=1S/C22H29FN4O3/c23-16-6-4-5-15(11-16)21(29)25-17-12-19-22(30)24-13-18(27(19)14-17)7-8-20(28)26-9-2-1-3-10-26/h4-6,11,17-19H,1-3,7-10,12-14H2,(H,24,30)(H,25,29). The maximum atomic E-state index is 13.4. The number of benzene rings is 1. The van der Waals surface area contributed by atoms with Crippen molar-refractivity contribution in [2.75, 3.05) is 26.2 Å². The first-order chi connectivity index (χ1) is 14.5. The summed E-state index contributed by atoms with van der Waals surface area (Å²) in [6, 6.07) is 5.18. The van der Waals surface area contributed by atoms with E-state index < -0.39 is 5.82 Å². The predicted octanol–water partition coefficient (Wildman–Crippen LogP) is 1.29. The minimum Gasteiger partial charge on any atom is -0.353 e. The van der Waals surface area contributed by atoms with Crippen LogP contribution in [0.5, 0.6) is 0 Å². The highest BCUT2D eigenvalue weighted by Crippen LogP contribution is 2.26. The molecule has 8 heteroatoms. The summed E-state index contributed by atoms with van der Waals surface area (Å²) in [5.41, 5.74) is 0.271. The maximum Gasteiger partial charge on any atom is 0.251 e. The number of halogens is 1. The number of nitrogens with one attached hydrogen (secondary N) is 2. The Morgan fingerprint density at radius 1 is 1.20 bits per heavy atom. The largest absolute Gasteiger partial charge is 0.353 e. The van der Waals surface area contributed by atoms with Gasteiger partial charge in [0.25, 0.3) is 5.91 Å². The van der Waals surface area contributed by atoms with Gasteiger partial charge in [0.2, 0.25) is 11.8 Å². The summed E-state index contributed by atoms with van der Waals surface area (Å²) >= 11 is 0. The van der Waals surface area contributed by atoms with Gasteiger partial charge in [-0.05, 0) is 50.3 Å². The molecule has 162 valence electrons. The second-order valence-electron chi connectivity index (χ2n) is 8.51. The zero-order valence-corrected chi connectivity index (χ0v) is 17.1. The van der Waals surface area contributed by atoms with Gasteiger partial charge in [-0.15, -0.1) is 0 Å². The lowest BCUT2D eigenvalue weighted by Gasteiger charge is -2.37. The van der Waals surface area contributed by atoms with Crippen molar-refractivity contribution in [2.45, 2.75) is 56.7 Å². The Balaban J connectivity index is 1.34. The average Bonchev–Trinajstić information content (AvgIpc) is 3.18. The number of likely N-dealkylation sites (tertiary alicyclic amines) is 1. The molecule has 3 heterocycles. The summed E-state index contributed by atoms with van der Waals surface area (Å²) in [5, 5.41) is 5.89. The number of carbonyl (C=O) groups is 3. The fourth-order valence-corrected chi connectivity index (χ4v) is 4.84. The molecule has 3 unspecified atom stereocenters. The molecule has 0 saturated carbocycles. The first-order valence-corrected chi connectivity index (χ1v) is 10.9. The third-order valence-electron chi connectivity index (χ3n) is 6.45. The van der Waals surface area contributed by atoms with Crippen molar-refractivity contribution in [1.29, 1.82) is 0 Å². The lowest BCUT2D eigenvalue weighted by Crippen LogP contribution is -2.58. The van der Waals surface area contributed by atoms with E-state index in [0.29, 0.717) is 32.4 Å². The number of piperazine rings is 1. The molecule has 0 bridgehead atoms. The van der Waals surface area contributed by atoms with Crippen LogP contribution in [0.1, 0.15) is 48.9 Å². The van der Waals surface area contributed by atoms with E-state index in [2.05, 4.69) is 15.5 Å². The summed E-state index contributed by atoms with van der Waals surface area (Å²) in [4.78, 5) is 41.4. The second-order valence-corrected chi connectivity index (χ2v) is 8.51. The Morgan fingerprint density at radius 2 is 2.00 bits per heavy atom. The molecule has 1 aromatic rings. The highest BCUT2D eigenvalue weighted by Gasteiger charge is 2.43. The molecular formula is C22H29FN4O3. The number of nitrogens with zero attached hydrogens (tertiary/aromatic N) is 2. The van der Waals surface area contributed by atoms with Crippen LogP contribution in [0.15, 0.2) is 24.3 Å². The molecule has 0 spiro atoms. The number of amides is 3. The minimum atomic E-state index is -0.454. The molecular weight excluding hydrogens is 387 g/mol. The lowest BCUT2D eigenvalue weighted by atomic mass is 10.0. The number of rotatable bonds is 5. The van der Waals surface area contributed by atoms with Crippen molar-refractivity contribution in [3.05, 3.63) is 35.6 Å². The summed E-state index contributed by atoms with van der Waals surface area (Å²) in [7, 11) is 0. The summed E-state index contributed by atoms with van der Waals surface area (Å²) in [6.07, 6.45) is 5.03. The molecule has 30 heavy (non-hydrogen) atoms. The van der Waals surface area contributed by atoms with Crippen LogP contribution in [0.25, 0.3) is 0 Å². The van der Waals surface area contributed by atoms with E-state index in [0.717, 1.165) is 25.9 Å². The highest BCUT2D eigenvalue weighted by atomic mass is 19.1. The first kappa shape index (κ1) is 20.8. The second kappa shape index (κ2) is 9.12. The Bertz CT molecular complexity index is 811. The van der Waals surface area contributed by atoms with Gasteiger partial charge in [0, 0.05) is 50.2 Å². The maximum absolute atomic E-state index is 13.4. The molecule has 3 aliphatic rings. The summed E-state index contributed by atoms with van der Waals surface area (Å²) < 4.78 is 13.4. The van der Waals surface area contributed by atoms with E-state index in [1.165, 1.54) is 24.6 Å². The van der Waals surface area contributed by atoms with Gasteiger partial charge in [-0.25, -0.2) is 4.39 Å². The minimum absolute atomic E-state index is 0.0314. The monoisotopic (exact) mass is 416 g/mol. The number of carbonyl (C=O) groups excluding carboxylic acids is 3. The van der Waals surface area contributed by atoms with Crippen molar-refractivity contribution >= 4 is 17.7 Å². The lowest BCUT2D eigenvalue weighted by molar-refractivity contribution is -0.133. The summed E-state index contributed by atoms with van der Waals surface area (Å²) in [5.74, 6) is -0.629. The molecule has 0 aromatic heterocycles. The van der Waals surface area contributed by atoms with Gasteiger partial charge >= 0.3 is 0 Å². The van der Waals surface area contributed by atoms with Crippen LogP contribution in [0.4, 0.5) is 4.39 Å². The number of hydrogen-bond acceptors (Lipinski definition) is 4. The molecule has 7 nitrogen and oxygen atoms in total. The van der Waals surface area contributed by atoms with Crippen molar-refractivity contribution < 1.29 is 18.8 Å². The number of hydrogen-bond donors (Lipinski definition) is 2. The fraction of sp³-hybridized carbons (Fsp3) is 0.591. The molecule has 2 N–H and O–H groups in total. The molecule has 0 radical (unpaired) electrons. The van der Waals surface area contributed by atoms with Crippen LogP contribution in [-0.4, -0.2) is 71.8 Å². The first-order valence-electron chi connectivity index (χ1n) is 10.9. The average molecular weight is 416 g/mol. The van der Waals surface area contributed by atoms with Gasteiger partial charge < -0.3 is 15.5 Å².